The van der Waals surface area contributed by atoms with Crippen molar-refractivity contribution >= 4 is 5.78 Å². The van der Waals surface area contributed by atoms with Gasteiger partial charge in [-0.1, -0.05) is 0 Å². The third kappa shape index (κ3) is 1.37. The average Bonchev–Trinajstić information content (AvgIpc) is 2.56. The molecule has 4 heteroatoms. The smallest absolute Gasteiger partial charge is 0.162 e. The molecule has 13 heavy (non-hydrogen) atoms. The molecule has 2 rings (SSSR count). The number of ether oxygens (including phenoxy) is 1. The molecule has 0 spiro atoms. The van der Waals surface area contributed by atoms with Gasteiger partial charge in [0.2, 0.25) is 0 Å². The number of rotatable bonds is 3. The lowest BCUT2D eigenvalue weighted by molar-refractivity contribution is -0.143. The van der Waals surface area contributed by atoms with Crippen molar-refractivity contribution in [2.75, 3.05) is 6.61 Å². The summed E-state index contributed by atoms with van der Waals surface area (Å²) in [5.41, 5.74) is 0. The third-order valence-electron chi connectivity index (χ3n) is 2.28. The highest BCUT2D eigenvalue weighted by molar-refractivity contribution is 5.89. The lowest BCUT2D eigenvalue weighted by Gasteiger charge is -2.34. The Morgan fingerprint density at radius 1 is 1.77 bits per heavy atom. The van der Waals surface area contributed by atoms with Crippen LogP contribution < -0.4 is 0 Å². The zero-order valence-electron chi connectivity index (χ0n) is 7.51. The van der Waals surface area contributed by atoms with Crippen LogP contribution in [0.2, 0.25) is 0 Å². The molecular weight excluding hydrogens is 168 g/mol. The van der Waals surface area contributed by atoms with Crippen LogP contribution in [0.5, 0.6) is 0 Å². The van der Waals surface area contributed by atoms with E-state index in [-0.39, 0.29) is 17.9 Å². The summed E-state index contributed by atoms with van der Waals surface area (Å²) in [6.07, 6.45) is 4.03. The summed E-state index contributed by atoms with van der Waals surface area (Å²) < 4.78 is 7.08. The molecule has 0 aliphatic heterocycles. The van der Waals surface area contributed by atoms with Crippen LogP contribution in [0.15, 0.2) is 18.5 Å². The first-order valence-corrected chi connectivity index (χ1v) is 4.46. The Kier molecular flexibility index (Phi) is 2.14. The van der Waals surface area contributed by atoms with E-state index in [0.29, 0.717) is 13.0 Å². The van der Waals surface area contributed by atoms with Crippen molar-refractivity contribution in [1.82, 2.24) is 9.78 Å². The van der Waals surface area contributed by atoms with Crippen LogP contribution in [-0.2, 0) is 9.53 Å². The van der Waals surface area contributed by atoms with Gasteiger partial charge in [-0.3, -0.25) is 9.48 Å². The first-order valence-electron chi connectivity index (χ1n) is 4.46. The van der Waals surface area contributed by atoms with Crippen LogP contribution in [0.25, 0.3) is 0 Å². The number of Topliss-reactive ketones (excluding diaryl/α,β-unsaturated/α-hetero) is 1. The Morgan fingerprint density at radius 2 is 2.62 bits per heavy atom. The van der Waals surface area contributed by atoms with Crippen LogP contribution in [0.4, 0.5) is 0 Å². The molecule has 0 aromatic carbocycles. The second-order valence-electron chi connectivity index (χ2n) is 3.10. The van der Waals surface area contributed by atoms with Gasteiger partial charge < -0.3 is 4.74 Å². The summed E-state index contributed by atoms with van der Waals surface area (Å²) in [7, 11) is 0. The molecule has 1 heterocycles. The largest absolute Gasteiger partial charge is 0.375 e. The van der Waals surface area contributed by atoms with Crippen molar-refractivity contribution in [2.45, 2.75) is 25.5 Å². The second kappa shape index (κ2) is 3.30. The van der Waals surface area contributed by atoms with E-state index in [0.717, 1.165) is 0 Å². The van der Waals surface area contributed by atoms with Crippen molar-refractivity contribution in [2.24, 2.45) is 0 Å². The first kappa shape index (κ1) is 8.44. The number of aromatic nitrogens is 2. The standard InChI is InChI=1S/C9H12N2O2/c1-2-13-8-6-7(12)9(8)11-5-3-4-10-11/h3-5,8-9H,2,6H2,1H3. The Labute approximate surface area is 76.5 Å². The van der Waals surface area contributed by atoms with E-state index in [1.54, 1.807) is 17.1 Å². The lowest BCUT2D eigenvalue weighted by atomic mass is 9.87. The number of ketones is 1. The maximum Gasteiger partial charge on any atom is 0.162 e. The van der Waals surface area contributed by atoms with E-state index in [1.807, 2.05) is 13.0 Å². The Hall–Kier alpha value is -1.16. The molecule has 0 amide bonds. The zero-order chi connectivity index (χ0) is 9.26. The van der Waals surface area contributed by atoms with Crippen LogP contribution in [-0.4, -0.2) is 28.3 Å². The molecule has 1 saturated carbocycles. The molecule has 2 unspecified atom stereocenters. The van der Waals surface area contributed by atoms with Gasteiger partial charge in [0.05, 0.1) is 6.10 Å². The minimum absolute atomic E-state index is 0.0254. The van der Waals surface area contributed by atoms with E-state index in [4.69, 9.17) is 4.74 Å². The number of nitrogens with zero attached hydrogens (tertiary/aromatic N) is 2. The van der Waals surface area contributed by atoms with Crippen LogP contribution in [0.3, 0.4) is 0 Å². The molecule has 2 atom stereocenters. The molecule has 4 nitrogen and oxygen atoms in total. The van der Waals surface area contributed by atoms with E-state index >= 15 is 0 Å². The number of carbonyl (C=O) groups is 1. The Balaban J connectivity index is 2.09. The van der Waals surface area contributed by atoms with Gasteiger partial charge in [-0.25, -0.2) is 0 Å². The predicted molar refractivity (Wildman–Crippen MR) is 46.3 cm³/mol. The average molecular weight is 180 g/mol. The maximum atomic E-state index is 11.3. The normalized spacial score (nSPS) is 27.3. The summed E-state index contributed by atoms with van der Waals surface area (Å²) >= 11 is 0. The van der Waals surface area contributed by atoms with Crippen LogP contribution in [0, 0.1) is 0 Å². The van der Waals surface area contributed by atoms with Crippen LogP contribution in [0.1, 0.15) is 19.4 Å². The molecule has 1 fully saturated rings. The Morgan fingerprint density at radius 3 is 3.15 bits per heavy atom. The fourth-order valence-electron chi connectivity index (χ4n) is 1.60. The monoisotopic (exact) mass is 180 g/mol. The van der Waals surface area contributed by atoms with Gasteiger partial charge in [0.15, 0.2) is 5.78 Å². The van der Waals surface area contributed by atoms with Gasteiger partial charge >= 0.3 is 0 Å². The molecule has 1 aromatic heterocycles. The molecule has 0 N–H and O–H groups in total. The summed E-state index contributed by atoms with van der Waals surface area (Å²) in [6.45, 7) is 2.58. The molecular formula is C9H12N2O2. The summed E-state index contributed by atoms with van der Waals surface area (Å²) in [6, 6.07) is 1.63. The quantitative estimate of drug-likeness (QED) is 0.691. The van der Waals surface area contributed by atoms with E-state index in [2.05, 4.69) is 5.10 Å². The fraction of sp³-hybridized carbons (Fsp3) is 0.556. The molecule has 1 aliphatic rings. The topological polar surface area (TPSA) is 44.1 Å². The van der Waals surface area contributed by atoms with Crippen molar-refractivity contribution in [1.29, 1.82) is 0 Å². The molecule has 0 radical (unpaired) electrons. The molecule has 70 valence electrons. The van der Waals surface area contributed by atoms with E-state index in [9.17, 15) is 4.79 Å². The SMILES string of the molecule is CCOC1CC(=O)C1n1cccn1. The lowest BCUT2D eigenvalue weighted by Crippen LogP contribution is -2.45. The van der Waals surface area contributed by atoms with Gasteiger partial charge in [0.1, 0.15) is 6.04 Å². The van der Waals surface area contributed by atoms with Gasteiger partial charge in [0.25, 0.3) is 0 Å². The van der Waals surface area contributed by atoms with Gasteiger partial charge in [-0.2, -0.15) is 5.10 Å². The Bertz CT molecular complexity index is 295. The summed E-state index contributed by atoms with van der Waals surface area (Å²) in [5.74, 6) is 0.210. The van der Waals surface area contributed by atoms with Crippen LogP contribution >= 0.6 is 0 Å². The van der Waals surface area contributed by atoms with E-state index < -0.39 is 0 Å². The molecule has 1 aromatic rings. The maximum absolute atomic E-state index is 11.3. The van der Waals surface area contributed by atoms with Crippen molar-refractivity contribution in [3.63, 3.8) is 0 Å². The zero-order valence-corrected chi connectivity index (χ0v) is 7.51. The number of hydrogen-bond acceptors (Lipinski definition) is 3. The van der Waals surface area contributed by atoms with Gasteiger partial charge in [-0.05, 0) is 13.0 Å². The highest BCUT2D eigenvalue weighted by Crippen LogP contribution is 2.30. The summed E-state index contributed by atoms with van der Waals surface area (Å²) in [5, 5.41) is 4.04. The highest BCUT2D eigenvalue weighted by Gasteiger charge is 2.42. The van der Waals surface area contributed by atoms with E-state index in [1.165, 1.54) is 0 Å². The number of carbonyl (C=O) groups excluding carboxylic acids is 1. The second-order valence-corrected chi connectivity index (χ2v) is 3.10. The first-order chi connectivity index (χ1) is 6.33. The van der Waals surface area contributed by atoms with Crippen molar-refractivity contribution in [3.8, 4) is 0 Å². The molecule has 1 aliphatic carbocycles. The predicted octanol–water partition coefficient (Wildman–Crippen LogP) is 0.802. The van der Waals surface area contributed by atoms with Gasteiger partial charge in [0, 0.05) is 25.4 Å². The summed E-state index contributed by atoms with van der Waals surface area (Å²) in [4.78, 5) is 11.3. The molecule has 0 saturated heterocycles. The van der Waals surface area contributed by atoms with Gasteiger partial charge in [-0.15, -0.1) is 0 Å². The fourth-order valence-corrected chi connectivity index (χ4v) is 1.60. The van der Waals surface area contributed by atoms with Crippen molar-refractivity contribution in [3.05, 3.63) is 18.5 Å². The highest BCUT2D eigenvalue weighted by atomic mass is 16.5. The van der Waals surface area contributed by atoms with Crippen molar-refractivity contribution < 1.29 is 9.53 Å². The molecule has 0 bridgehead atoms. The minimum Gasteiger partial charge on any atom is -0.375 e. The third-order valence-corrected chi connectivity index (χ3v) is 2.28. The minimum atomic E-state index is -0.185. The number of hydrogen-bond donors (Lipinski definition) is 0.